The molecule has 0 spiro atoms. The fourth-order valence-electron chi connectivity index (χ4n) is 4.15. The van der Waals surface area contributed by atoms with Gasteiger partial charge in [-0.15, -0.1) is 0 Å². The van der Waals surface area contributed by atoms with Crippen LogP contribution in [0, 0.1) is 11.8 Å². The summed E-state index contributed by atoms with van der Waals surface area (Å²) in [7, 11) is 0. The second-order valence-electron chi connectivity index (χ2n) is 7.14. The highest BCUT2D eigenvalue weighted by Crippen LogP contribution is 2.40. The van der Waals surface area contributed by atoms with Gasteiger partial charge in [-0.2, -0.15) is 0 Å². The van der Waals surface area contributed by atoms with E-state index in [-0.39, 0.29) is 11.8 Å². The molecule has 4 nitrogen and oxygen atoms in total. The summed E-state index contributed by atoms with van der Waals surface area (Å²) >= 11 is 0. The lowest BCUT2D eigenvalue weighted by Crippen LogP contribution is -2.51. The fourth-order valence-corrected chi connectivity index (χ4v) is 4.15. The lowest BCUT2D eigenvalue weighted by Gasteiger charge is -2.40. The first-order valence-corrected chi connectivity index (χ1v) is 9.11. The number of fused-ring (bicyclic) bond motifs is 2. The summed E-state index contributed by atoms with van der Waals surface area (Å²) in [6, 6.07) is 0.685. The number of rotatable bonds is 2. The van der Waals surface area contributed by atoms with Gasteiger partial charge in [-0.1, -0.05) is 20.3 Å². The van der Waals surface area contributed by atoms with Crippen molar-refractivity contribution in [1.82, 2.24) is 10.2 Å². The minimum atomic E-state index is 0.203. The molecule has 0 radical (unpaired) electrons. The Balaban J connectivity index is 0.000000545. The van der Waals surface area contributed by atoms with Crippen LogP contribution in [0.3, 0.4) is 0 Å². The van der Waals surface area contributed by atoms with Gasteiger partial charge in [0.25, 0.3) is 0 Å². The second-order valence-corrected chi connectivity index (χ2v) is 7.14. The third-order valence-corrected chi connectivity index (χ3v) is 5.25. The zero-order chi connectivity index (χ0) is 16.1. The van der Waals surface area contributed by atoms with Crippen molar-refractivity contribution in [3.05, 3.63) is 0 Å². The molecule has 2 unspecified atom stereocenters. The highest BCUT2D eigenvalue weighted by atomic mass is 16.2. The number of Topliss-reactive ketones (excluding diaryl/α,β-unsaturated/α-hetero) is 1. The lowest BCUT2D eigenvalue weighted by atomic mass is 9.86. The standard InChI is InChI=1S/C15H24N2O2.C3H8/c1-10(18)12-8-13-2-3-14(9-12)17(13)15(19)11-4-6-16-7-5-11;1-3-2/h11-14,16H,2-9H2,1H3;3H2,1-2H3. The summed E-state index contributed by atoms with van der Waals surface area (Å²) in [6.07, 6.45) is 7.22. The van der Waals surface area contributed by atoms with Crippen molar-refractivity contribution < 1.29 is 9.59 Å². The Morgan fingerprint density at radius 2 is 1.45 bits per heavy atom. The van der Waals surface area contributed by atoms with Crippen LogP contribution in [0.5, 0.6) is 0 Å². The average molecular weight is 308 g/mol. The van der Waals surface area contributed by atoms with E-state index >= 15 is 0 Å². The van der Waals surface area contributed by atoms with E-state index in [0.717, 1.165) is 51.6 Å². The molecule has 0 aromatic carbocycles. The van der Waals surface area contributed by atoms with Crippen LogP contribution in [-0.4, -0.2) is 41.8 Å². The number of amides is 1. The molecule has 2 bridgehead atoms. The van der Waals surface area contributed by atoms with Crippen molar-refractivity contribution in [1.29, 1.82) is 0 Å². The maximum Gasteiger partial charge on any atom is 0.226 e. The third-order valence-electron chi connectivity index (χ3n) is 5.25. The van der Waals surface area contributed by atoms with E-state index in [1.165, 1.54) is 6.42 Å². The van der Waals surface area contributed by atoms with Crippen LogP contribution in [0.25, 0.3) is 0 Å². The van der Waals surface area contributed by atoms with Gasteiger partial charge in [-0.25, -0.2) is 0 Å². The number of carbonyl (C=O) groups excluding carboxylic acids is 2. The average Bonchev–Trinajstić information content (AvgIpc) is 2.77. The summed E-state index contributed by atoms with van der Waals surface area (Å²) in [6.45, 7) is 7.89. The molecule has 4 heteroatoms. The van der Waals surface area contributed by atoms with Gasteiger partial charge in [0.1, 0.15) is 5.78 Å². The van der Waals surface area contributed by atoms with Gasteiger partial charge in [-0.05, 0) is 58.5 Å². The topological polar surface area (TPSA) is 49.4 Å². The van der Waals surface area contributed by atoms with Crippen molar-refractivity contribution in [3.8, 4) is 0 Å². The number of nitrogens with zero attached hydrogens (tertiary/aromatic N) is 1. The molecule has 3 saturated heterocycles. The molecule has 126 valence electrons. The van der Waals surface area contributed by atoms with Crippen LogP contribution >= 0.6 is 0 Å². The van der Waals surface area contributed by atoms with Gasteiger partial charge in [0.05, 0.1) is 0 Å². The Kier molecular flexibility index (Phi) is 6.42. The largest absolute Gasteiger partial charge is 0.336 e. The van der Waals surface area contributed by atoms with E-state index in [0.29, 0.717) is 23.8 Å². The van der Waals surface area contributed by atoms with Crippen molar-refractivity contribution in [2.45, 2.75) is 77.8 Å². The van der Waals surface area contributed by atoms with Gasteiger partial charge in [0.2, 0.25) is 5.91 Å². The summed E-state index contributed by atoms with van der Waals surface area (Å²) in [5, 5.41) is 3.32. The fraction of sp³-hybridized carbons (Fsp3) is 0.889. The predicted octanol–water partition coefficient (Wildman–Crippen LogP) is 2.76. The van der Waals surface area contributed by atoms with Gasteiger partial charge < -0.3 is 10.2 Å². The number of carbonyl (C=O) groups is 2. The number of hydrogen-bond donors (Lipinski definition) is 1. The van der Waals surface area contributed by atoms with Gasteiger partial charge >= 0.3 is 0 Å². The van der Waals surface area contributed by atoms with Crippen LogP contribution in [0.2, 0.25) is 0 Å². The maximum atomic E-state index is 12.7. The molecule has 0 saturated carbocycles. The molecule has 1 amide bonds. The first kappa shape index (κ1) is 17.5. The second kappa shape index (κ2) is 8.09. The molecule has 1 N–H and O–H groups in total. The molecular formula is C18H32N2O2. The minimum absolute atomic E-state index is 0.203. The van der Waals surface area contributed by atoms with Crippen molar-refractivity contribution >= 4 is 11.7 Å². The zero-order valence-corrected chi connectivity index (χ0v) is 14.4. The molecule has 3 aliphatic rings. The Bertz CT molecular complexity index is 377. The van der Waals surface area contributed by atoms with E-state index in [1.807, 2.05) is 0 Å². The van der Waals surface area contributed by atoms with Crippen molar-refractivity contribution in [2.75, 3.05) is 13.1 Å². The zero-order valence-electron chi connectivity index (χ0n) is 14.4. The molecule has 0 aromatic rings. The van der Waals surface area contributed by atoms with Gasteiger partial charge in [0, 0.05) is 23.9 Å². The first-order valence-electron chi connectivity index (χ1n) is 9.11. The van der Waals surface area contributed by atoms with Crippen molar-refractivity contribution in [3.63, 3.8) is 0 Å². The Labute approximate surface area is 135 Å². The maximum absolute atomic E-state index is 12.7. The van der Waals surface area contributed by atoms with Crippen LogP contribution in [-0.2, 0) is 9.59 Å². The molecule has 3 aliphatic heterocycles. The molecule has 3 fully saturated rings. The van der Waals surface area contributed by atoms with Crippen LogP contribution < -0.4 is 5.32 Å². The van der Waals surface area contributed by atoms with E-state index in [9.17, 15) is 9.59 Å². The highest BCUT2D eigenvalue weighted by molar-refractivity contribution is 5.82. The molecule has 3 heterocycles. The van der Waals surface area contributed by atoms with E-state index in [1.54, 1.807) is 6.92 Å². The molecular weight excluding hydrogens is 276 g/mol. The normalized spacial score (nSPS) is 31.4. The molecule has 0 aliphatic carbocycles. The summed E-state index contributed by atoms with van der Waals surface area (Å²) in [5.74, 6) is 1.11. The molecule has 3 rings (SSSR count). The van der Waals surface area contributed by atoms with Crippen LogP contribution in [0.4, 0.5) is 0 Å². The van der Waals surface area contributed by atoms with Crippen molar-refractivity contribution in [2.24, 2.45) is 11.8 Å². The van der Waals surface area contributed by atoms with Crippen LogP contribution in [0.1, 0.15) is 65.7 Å². The van der Waals surface area contributed by atoms with E-state index in [2.05, 4.69) is 24.1 Å². The summed E-state index contributed by atoms with van der Waals surface area (Å²) in [4.78, 5) is 26.5. The SMILES string of the molecule is CC(=O)C1CC2CCC(C1)N2C(=O)C1CCNCC1.CCC. The number of piperidine rings is 2. The molecule has 0 aromatic heterocycles. The predicted molar refractivity (Wildman–Crippen MR) is 88.6 cm³/mol. The number of ketones is 1. The highest BCUT2D eigenvalue weighted by Gasteiger charge is 2.45. The molecule has 2 atom stereocenters. The summed E-state index contributed by atoms with van der Waals surface area (Å²) in [5.41, 5.74) is 0. The lowest BCUT2D eigenvalue weighted by molar-refractivity contribution is -0.143. The Hall–Kier alpha value is -0.900. The van der Waals surface area contributed by atoms with Crippen LogP contribution in [0.15, 0.2) is 0 Å². The monoisotopic (exact) mass is 308 g/mol. The van der Waals surface area contributed by atoms with E-state index in [4.69, 9.17) is 0 Å². The number of nitrogens with one attached hydrogen (secondary N) is 1. The first-order chi connectivity index (χ1) is 10.6. The smallest absolute Gasteiger partial charge is 0.226 e. The Morgan fingerprint density at radius 3 is 1.91 bits per heavy atom. The van der Waals surface area contributed by atoms with E-state index < -0.39 is 0 Å². The molecule has 22 heavy (non-hydrogen) atoms. The Morgan fingerprint density at radius 1 is 0.955 bits per heavy atom. The third kappa shape index (κ3) is 3.89. The minimum Gasteiger partial charge on any atom is -0.336 e. The van der Waals surface area contributed by atoms with Gasteiger partial charge in [-0.3, -0.25) is 9.59 Å². The van der Waals surface area contributed by atoms with Gasteiger partial charge in [0.15, 0.2) is 0 Å². The quantitative estimate of drug-likeness (QED) is 0.853. The summed E-state index contributed by atoms with van der Waals surface area (Å²) < 4.78 is 0. The number of hydrogen-bond acceptors (Lipinski definition) is 3.